The van der Waals surface area contributed by atoms with Crippen LogP contribution in [0.15, 0.2) is 0 Å². The average molecular weight is 256 g/mol. The third kappa shape index (κ3) is 5.27. The molecule has 0 heterocycles. The fourth-order valence-corrected chi connectivity index (χ4v) is 1.18. The van der Waals surface area contributed by atoms with Gasteiger partial charge in [-0.05, 0) is 58.3 Å². The predicted octanol–water partition coefficient (Wildman–Crippen LogP) is 1.57. The Hall–Kier alpha value is -0.141. The molecular weight excluding hydrogens is 244 g/mol. The van der Waals surface area contributed by atoms with Crippen LogP contribution in [0.4, 0.5) is 0 Å². The first-order chi connectivity index (χ1) is 7.25. The number of carbonyl (C=O) groups excluding carboxylic acids is 2. The molecule has 2 aliphatic carbocycles. The van der Waals surface area contributed by atoms with Crippen LogP contribution in [0.3, 0.4) is 0 Å². The summed E-state index contributed by atoms with van der Waals surface area (Å²) < 4.78 is 0. The summed E-state index contributed by atoms with van der Waals surface area (Å²) in [4.78, 5) is 21.0. The van der Waals surface area contributed by atoms with Crippen LogP contribution in [0.1, 0.15) is 6.92 Å². The second kappa shape index (κ2) is 8.95. The van der Waals surface area contributed by atoms with Crippen LogP contribution in [-0.2, 0) is 26.7 Å². The van der Waals surface area contributed by atoms with Gasteiger partial charge in [0.15, 0.2) is 0 Å². The first-order valence-corrected chi connectivity index (χ1v) is 4.64. The van der Waals surface area contributed by atoms with Crippen LogP contribution >= 0.6 is 0 Å². The molecule has 2 nitrogen and oxygen atoms in total. The van der Waals surface area contributed by atoms with Crippen molar-refractivity contribution in [1.82, 2.24) is 0 Å². The van der Waals surface area contributed by atoms with Crippen LogP contribution in [0.25, 0.3) is 0 Å². The molecule has 0 aromatic rings. The number of carbonyl (C=O) groups is 2. The van der Waals surface area contributed by atoms with Crippen LogP contribution in [0.5, 0.6) is 0 Å². The van der Waals surface area contributed by atoms with Gasteiger partial charge in [0, 0.05) is 0 Å². The molecule has 0 atom stereocenters. The molecule has 0 N–H and O–H groups in total. The summed E-state index contributed by atoms with van der Waals surface area (Å²) in [6, 6.07) is 0. The molecule has 16 heavy (non-hydrogen) atoms. The first-order valence-electron chi connectivity index (χ1n) is 4.64. The minimum Gasteiger partial charge on any atom is -0.303 e. The van der Waals surface area contributed by atoms with Gasteiger partial charge in [0.25, 0.3) is 0 Å². The normalized spacial score (nSPS) is 20.8. The van der Waals surface area contributed by atoms with E-state index in [0.29, 0.717) is 18.1 Å². The van der Waals surface area contributed by atoms with E-state index in [-0.39, 0.29) is 22.9 Å². The standard InChI is InChI=1S/C8H7O2.C5H5.Fe/c1-6(10)8-4-2-3-7(8)5-9;1-2-4-5-3-1;/h2-5H,1H3;1-5H;/q;;+2. The molecule has 0 saturated heterocycles. The summed E-state index contributed by atoms with van der Waals surface area (Å²) in [5, 5.41) is 0. The van der Waals surface area contributed by atoms with Crippen molar-refractivity contribution in [2.45, 2.75) is 6.92 Å². The van der Waals surface area contributed by atoms with Gasteiger partial charge >= 0.3 is 17.1 Å². The van der Waals surface area contributed by atoms with Crippen molar-refractivity contribution < 1.29 is 26.7 Å². The molecule has 2 fully saturated rings. The molecule has 0 bridgehead atoms. The third-order valence-corrected chi connectivity index (χ3v) is 1.91. The van der Waals surface area contributed by atoms with Gasteiger partial charge < -0.3 is 4.79 Å². The average Bonchev–Trinajstić information content (AvgIpc) is 2.92. The largest absolute Gasteiger partial charge is 2.00 e. The summed E-state index contributed by atoms with van der Waals surface area (Å²) in [6.07, 6.45) is 15.7. The van der Waals surface area contributed by atoms with Gasteiger partial charge in [-0.25, -0.2) is 0 Å². The summed E-state index contributed by atoms with van der Waals surface area (Å²) in [5.41, 5.74) is 0. The Morgan fingerprint density at radius 3 is 1.81 bits per heavy atom. The maximum Gasteiger partial charge on any atom is 2.00 e. The van der Waals surface area contributed by atoms with E-state index in [1.165, 1.54) is 6.92 Å². The predicted molar refractivity (Wildman–Crippen MR) is 57.6 cm³/mol. The number of ketones is 1. The van der Waals surface area contributed by atoms with Crippen molar-refractivity contribution in [2.75, 3.05) is 0 Å². The second-order valence-corrected chi connectivity index (χ2v) is 3.03. The minimum atomic E-state index is -0.0629. The SMILES string of the molecule is CC(=O)[C]1[CH][CH][CH][C]1C=O.[CH]1[CH][CH][CH][CH]1.[Fe+2]. The van der Waals surface area contributed by atoms with E-state index in [1.54, 1.807) is 19.3 Å². The maximum atomic E-state index is 10.7. The number of aldehydes is 1. The Morgan fingerprint density at radius 1 is 1.00 bits per heavy atom. The van der Waals surface area contributed by atoms with E-state index in [1.807, 2.05) is 32.1 Å². The summed E-state index contributed by atoms with van der Waals surface area (Å²) >= 11 is 0. The molecule has 0 amide bonds. The molecule has 82 valence electrons. The Bertz CT molecular complexity index is 204. The van der Waals surface area contributed by atoms with E-state index >= 15 is 0 Å². The monoisotopic (exact) mass is 256 g/mol. The third-order valence-electron chi connectivity index (χ3n) is 1.91. The quantitative estimate of drug-likeness (QED) is 0.555. The van der Waals surface area contributed by atoms with E-state index in [4.69, 9.17) is 0 Å². The van der Waals surface area contributed by atoms with Crippen LogP contribution < -0.4 is 0 Å². The fourth-order valence-electron chi connectivity index (χ4n) is 1.18. The molecule has 2 rings (SSSR count). The van der Waals surface area contributed by atoms with Crippen molar-refractivity contribution in [1.29, 1.82) is 0 Å². The Kier molecular flexibility index (Phi) is 8.87. The van der Waals surface area contributed by atoms with Gasteiger partial charge in [0.1, 0.15) is 12.1 Å². The smallest absolute Gasteiger partial charge is 0.303 e. The molecule has 0 spiro atoms. The van der Waals surface area contributed by atoms with Crippen molar-refractivity contribution in [3.8, 4) is 0 Å². The van der Waals surface area contributed by atoms with Crippen molar-refractivity contribution in [3.63, 3.8) is 0 Å². The van der Waals surface area contributed by atoms with Gasteiger partial charge in [-0.1, -0.05) is 0 Å². The zero-order valence-corrected chi connectivity index (χ0v) is 9.97. The number of rotatable bonds is 2. The molecule has 0 unspecified atom stereocenters. The van der Waals surface area contributed by atoms with Gasteiger partial charge in [0.2, 0.25) is 0 Å². The van der Waals surface area contributed by atoms with E-state index in [0.717, 1.165) is 0 Å². The first kappa shape index (κ1) is 15.9. The number of hydrogen-bond acceptors (Lipinski definition) is 2. The minimum absolute atomic E-state index is 0. The Labute approximate surface area is 109 Å². The second-order valence-electron chi connectivity index (χ2n) is 3.03. The van der Waals surface area contributed by atoms with E-state index in [9.17, 15) is 9.59 Å². The molecule has 0 aliphatic heterocycles. The van der Waals surface area contributed by atoms with Crippen LogP contribution in [0.2, 0.25) is 0 Å². The van der Waals surface area contributed by atoms with Crippen molar-refractivity contribution in [2.24, 2.45) is 0 Å². The number of Topliss-reactive ketones (excluding diaryl/α,β-unsaturated/α-hetero) is 1. The van der Waals surface area contributed by atoms with Crippen LogP contribution in [-0.4, -0.2) is 12.1 Å². The van der Waals surface area contributed by atoms with E-state index in [2.05, 4.69) is 0 Å². The van der Waals surface area contributed by atoms with Crippen molar-refractivity contribution in [3.05, 3.63) is 63.2 Å². The maximum absolute atomic E-state index is 10.7. The Morgan fingerprint density at radius 2 is 1.50 bits per heavy atom. The number of hydrogen-bond donors (Lipinski definition) is 0. The van der Waals surface area contributed by atoms with E-state index < -0.39 is 0 Å². The molecular formula is C13H12FeO2+2. The molecule has 0 aromatic carbocycles. The zero-order chi connectivity index (χ0) is 11.1. The summed E-state index contributed by atoms with van der Waals surface area (Å²) in [6.45, 7) is 1.45. The zero-order valence-electron chi connectivity index (χ0n) is 8.87. The molecule has 10 radical (unpaired) electrons. The fraction of sp³-hybridized carbons (Fsp3) is 0.0769. The van der Waals surface area contributed by atoms with Crippen LogP contribution in [0, 0.1) is 63.2 Å². The molecule has 2 aliphatic rings. The topological polar surface area (TPSA) is 34.1 Å². The Balaban J connectivity index is 0.000000318. The summed E-state index contributed by atoms with van der Waals surface area (Å²) in [7, 11) is 0. The van der Waals surface area contributed by atoms with Gasteiger partial charge in [-0.2, -0.15) is 0 Å². The van der Waals surface area contributed by atoms with Gasteiger partial charge in [0.05, 0.1) is 11.8 Å². The molecule has 3 heteroatoms. The summed E-state index contributed by atoms with van der Waals surface area (Å²) in [5.74, 6) is 0.926. The van der Waals surface area contributed by atoms with Crippen molar-refractivity contribution >= 4 is 12.1 Å². The van der Waals surface area contributed by atoms with Gasteiger partial charge in [-0.3, -0.25) is 4.79 Å². The van der Waals surface area contributed by atoms with Gasteiger partial charge in [-0.15, -0.1) is 0 Å². The molecule has 0 aromatic heterocycles. The molecule has 2 saturated carbocycles.